The lowest BCUT2D eigenvalue weighted by molar-refractivity contribution is 0.316. The summed E-state index contributed by atoms with van der Waals surface area (Å²) in [4.78, 5) is 9.58. The van der Waals surface area contributed by atoms with Gasteiger partial charge in [0.2, 0.25) is 11.8 Å². The fourth-order valence-corrected chi connectivity index (χ4v) is 3.96. The monoisotopic (exact) mass is 436 g/mol. The van der Waals surface area contributed by atoms with Gasteiger partial charge in [0.05, 0.1) is 21.2 Å². The van der Waals surface area contributed by atoms with Crippen LogP contribution < -0.4 is 0 Å². The molecule has 0 aliphatic carbocycles. The second-order valence-corrected chi connectivity index (χ2v) is 7.97. The highest BCUT2D eigenvalue weighted by molar-refractivity contribution is 6.42. The molecular formula is C24H18Cl2N2O2. The van der Waals surface area contributed by atoms with Gasteiger partial charge < -0.3 is 9.47 Å². The minimum Gasteiger partial charge on any atom is -0.475 e. The molecule has 3 aromatic carbocycles. The van der Waals surface area contributed by atoms with E-state index < -0.39 is 0 Å². The Hall–Kier alpha value is -2.82. The molecule has 2 heterocycles. The van der Waals surface area contributed by atoms with Crippen molar-refractivity contribution in [2.24, 2.45) is 9.98 Å². The molecule has 0 saturated heterocycles. The summed E-state index contributed by atoms with van der Waals surface area (Å²) in [6.07, 6.45) is 0. The number of hydrogen-bond donors (Lipinski definition) is 0. The smallest absolute Gasteiger partial charge is 0.217 e. The zero-order valence-electron chi connectivity index (χ0n) is 16.0. The van der Waals surface area contributed by atoms with E-state index >= 15 is 0 Å². The third-order valence-electron chi connectivity index (χ3n) is 5.19. The molecule has 3 aromatic rings. The first-order valence-electron chi connectivity index (χ1n) is 9.70. The van der Waals surface area contributed by atoms with Crippen LogP contribution in [-0.4, -0.2) is 25.0 Å². The molecule has 0 fully saturated rings. The van der Waals surface area contributed by atoms with Crippen molar-refractivity contribution in [2.75, 3.05) is 13.2 Å². The molecule has 0 spiro atoms. The Kier molecular flexibility index (Phi) is 5.19. The van der Waals surface area contributed by atoms with Crippen molar-refractivity contribution in [3.05, 3.63) is 105 Å². The van der Waals surface area contributed by atoms with Crippen LogP contribution in [0.15, 0.2) is 82.8 Å². The minimum atomic E-state index is -0.0630. The number of ether oxygens (including phenoxy) is 2. The van der Waals surface area contributed by atoms with Crippen molar-refractivity contribution < 1.29 is 9.47 Å². The van der Waals surface area contributed by atoms with Crippen molar-refractivity contribution in [2.45, 2.75) is 12.1 Å². The Labute approximate surface area is 184 Å². The Morgan fingerprint density at radius 3 is 1.43 bits per heavy atom. The molecule has 0 N–H and O–H groups in total. The summed E-state index contributed by atoms with van der Waals surface area (Å²) in [6.45, 7) is 0.942. The third-order valence-corrected chi connectivity index (χ3v) is 5.91. The average Bonchev–Trinajstić information content (AvgIpc) is 3.47. The Morgan fingerprint density at radius 2 is 1.03 bits per heavy atom. The average molecular weight is 437 g/mol. The van der Waals surface area contributed by atoms with E-state index in [1.807, 2.05) is 60.7 Å². The molecule has 5 rings (SSSR count). The molecular weight excluding hydrogens is 419 g/mol. The van der Waals surface area contributed by atoms with Crippen LogP contribution >= 0.6 is 23.2 Å². The van der Waals surface area contributed by atoms with E-state index in [9.17, 15) is 0 Å². The molecule has 4 nitrogen and oxygen atoms in total. The van der Waals surface area contributed by atoms with Crippen molar-refractivity contribution in [3.63, 3.8) is 0 Å². The summed E-state index contributed by atoms with van der Waals surface area (Å²) in [5, 5.41) is 0.867. The van der Waals surface area contributed by atoms with Crippen LogP contribution in [0.4, 0.5) is 0 Å². The van der Waals surface area contributed by atoms with E-state index in [2.05, 4.69) is 0 Å². The SMILES string of the molecule is Clc1cc(C2=NC(c3ccccc3)CO2)c(C2=NC(c3ccccc3)CO2)cc1Cl. The Morgan fingerprint density at radius 1 is 0.633 bits per heavy atom. The molecule has 0 saturated carbocycles. The summed E-state index contributed by atoms with van der Waals surface area (Å²) in [6, 6.07) is 23.6. The maximum absolute atomic E-state index is 6.33. The highest BCUT2D eigenvalue weighted by atomic mass is 35.5. The largest absolute Gasteiger partial charge is 0.475 e. The molecule has 0 amide bonds. The van der Waals surface area contributed by atoms with E-state index in [1.165, 1.54) is 0 Å². The van der Waals surface area contributed by atoms with Crippen LogP contribution in [0.2, 0.25) is 10.0 Å². The maximum atomic E-state index is 6.33. The van der Waals surface area contributed by atoms with Gasteiger partial charge in [0.1, 0.15) is 25.3 Å². The topological polar surface area (TPSA) is 43.2 Å². The van der Waals surface area contributed by atoms with Gasteiger partial charge in [-0.15, -0.1) is 0 Å². The van der Waals surface area contributed by atoms with Crippen LogP contribution in [0, 0.1) is 0 Å². The summed E-state index contributed by atoms with van der Waals surface area (Å²) in [5.41, 5.74) is 3.67. The molecule has 2 aliphatic heterocycles. The standard InChI is InChI=1S/C24H18Cl2N2O2/c25-19-11-17(23-27-21(13-29-23)15-7-3-1-4-8-15)18(12-20(19)26)24-28-22(14-30-24)16-9-5-2-6-10-16/h1-12,21-22H,13-14H2. The number of halogens is 2. The van der Waals surface area contributed by atoms with E-state index in [0.717, 1.165) is 22.3 Å². The van der Waals surface area contributed by atoms with Gasteiger partial charge in [-0.1, -0.05) is 83.9 Å². The fraction of sp³-hybridized carbons (Fsp3) is 0.167. The van der Waals surface area contributed by atoms with E-state index in [-0.39, 0.29) is 12.1 Å². The number of benzene rings is 3. The highest BCUT2D eigenvalue weighted by Crippen LogP contribution is 2.33. The number of aliphatic imine (C=N–C) groups is 2. The zero-order valence-corrected chi connectivity index (χ0v) is 17.5. The van der Waals surface area contributed by atoms with Crippen LogP contribution in [0.25, 0.3) is 0 Å². The van der Waals surface area contributed by atoms with Gasteiger partial charge in [-0.3, -0.25) is 0 Å². The predicted molar refractivity (Wildman–Crippen MR) is 120 cm³/mol. The van der Waals surface area contributed by atoms with Gasteiger partial charge in [-0.05, 0) is 23.3 Å². The Bertz CT molecular complexity index is 1040. The molecule has 2 atom stereocenters. The molecule has 0 radical (unpaired) electrons. The van der Waals surface area contributed by atoms with Crippen molar-refractivity contribution in [3.8, 4) is 0 Å². The van der Waals surface area contributed by atoms with Gasteiger partial charge in [0, 0.05) is 0 Å². The van der Waals surface area contributed by atoms with Crippen molar-refractivity contribution in [1.82, 2.24) is 0 Å². The molecule has 6 heteroatoms. The van der Waals surface area contributed by atoms with Gasteiger partial charge in [0.25, 0.3) is 0 Å². The first-order chi connectivity index (χ1) is 14.7. The van der Waals surface area contributed by atoms with Crippen molar-refractivity contribution in [1.29, 1.82) is 0 Å². The fourth-order valence-electron chi connectivity index (χ4n) is 3.64. The number of nitrogens with zero attached hydrogens (tertiary/aromatic N) is 2. The lowest BCUT2D eigenvalue weighted by Crippen LogP contribution is -2.11. The van der Waals surface area contributed by atoms with Crippen LogP contribution in [0.5, 0.6) is 0 Å². The molecule has 0 bridgehead atoms. The second-order valence-electron chi connectivity index (χ2n) is 7.16. The second kappa shape index (κ2) is 8.13. The van der Waals surface area contributed by atoms with Crippen LogP contribution in [0.1, 0.15) is 34.3 Å². The summed E-state index contributed by atoms with van der Waals surface area (Å²) >= 11 is 12.7. The number of rotatable bonds is 4. The van der Waals surface area contributed by atoms with Crippen molar-refractivity contribution >= 4 is 35.0 Å². The van der Waals surface area contributed by atoms with E-state index in [0.29, 0.717) is 35.1 Å². The quantitative estimate of drug-likeness (QED) is 0.500. The minimum absolute atomic E-state index is 0.0630. The zero-order chi connectivity index (χ0) is 20.5. The van der Waals surface area contributed by atoms with Gasteiger partial charge in [-0.2, -0.15) is 0 Å². The summed E-state index contributed by atoms with van der Waals surface area (Å²) < 4.78 is 11.9. The molecule has 150 valence electrons. The first-order valence-corrected chi connectivity index (χ1v) is 10.5. The lowest BCUT2D eigenvalue weighted by atomic mass is 10.1. The van der Waals surface area contributed by atoms with Gasteiger partial charge in [-0.25, -0.2) is 9.98 Å². The Balaban J connectivity index is 1.52. The lowest BCUT2D eigenvalue weighted by Gasteiger charge is -2.10. The van der Waals surface area contributed by atoms with Gasteiger partial charge >= 0.3 is 0 Å². The van der Waals surface area contributed by atoms with Crippen LogP contribution in [-0.2, 0) is 9.47 Å². The maximum Gasteiger partial charge on any atom is 0.217 e. The van der Waals surface area contributed by atoms with E-state index in [4.69, 9.17) is 42.7 Å². The van der Waals surface area contributed by atoms with E-state index in [1.54, 1.807) is 12.1 Å². The summed E-state index contributed by atoms with van der Waals surface area (Å²) in [5.74, 6) is 1.04. The van der Waals surface area contributed by atoms with Gasteiger partial charge in [0.15, 0.2) is 0 Å². The third kappa shape index (κ3) is 3.69. The summed E-state index contributed by atoms with van der Waals surface area (Å²) in [7, 11) is 0. The molecule has 2 aliphatic rings. The van der Waals surface area contributed by atoms with Crippen LogP contribution in [0.3, 0.4) is 0 Å². The molecule has 30 heavy (non-hydrogen) atoms. The predicted octanol–water partition coefficient (Wildman–Crippen LogP) is 6.03. The molecule has 2 unspecified atom stereocenters. The normalized spacial score (nSPS) is 20.3. The highest BCUT2D eigenvalue weighted by Gasteiger charge is 2.29. The number of hydrogen-bond acceptors (Lipinski definition) is 4. The first kappa shape index (κ1) is 19.2. The molecule has 0 aromatic heterocycles.